The van der Waals surface area contributed by atoms with Gasteiger partial charge in [-0.05, 0) is 48.3 Å². The lowest BCUT2D eigenvalue weighted by Crippen LogP contribution is -2.62. The molecule has 2 fully saturated rings. The number of piperidine rings is 1. The number of amides is 2. The van der Waals surface area contributed by atoms with E-state index in [2.05, 4.69) is 15.5 Å². The Bertz CT molecular complexity index is 1160. The van der Waals surface area contributed by atoms with Crippen molar-refractivity contribution in [1.29, 1.82) is 0 Å². The molecule has 2 aromatic heterocycles. The van der Waals surface area contributed by atoms with Gasteiger partial charge in [-0.25, -0.2) is 4.79 Å². The summed E-state index contributed by atoms with van der Waals surface area (Å²) in [5.74, 6) is 0.306. The van der Waals surface area contributed by atoms with Crippen molar-refractivity contribution in [3.05, 3.63) is 54.7 Å². The number of ether oxygens (including phenoxy) is 1. The Morgan fingerprint density at radius 3 is 2.73 bits per heavy atom. The number of carbonyl (C=O) groups excluding carboxylic acids is 1. The van der Waals surface area contributed by atoms with Crippen LogP contribution in [0.4, 0.5) is 4.79 Å². The summed E-state index contributed by atoms with van der Waals surface area (Å²) in [5, 5.41) is 18.0. The number of hydrogen-bond donors (Lipinski definition) is 2. The molecule has 1 aromatic carbocycles. The van der Waals surface area contributed by atoms with Crippen molar-refractivity contribution < 1.29 is 24.0 Å². The molecule has 3 heterocycles. The summed E-state index contributed by atoms with van der Waals surface area (Å²) in [4.78, 5) is 30.1. The number of pyridine rings is 1. The van der Waals surface area contributed by atoms with Crippen LogP contribution in [0.5, 0.6) is 5.75 Å². The standard InChI is InChI=1S/C24H26N4O5/c1-25-22(29)20(18-5-9-27-33-18)21-19(13-24(21)6-10-28(11-7-24)23(30)31)32-17-3-2-15-4-8-26-14-16(15)12-17/h2-5,8-9,12,14,19-21H,6-7,10-11,13H2,1H3,(H,25,29)(H,30,31). The number of rotatable bonds is 5. The van der Waals surface area contributed by atoms with E-state index in [4.69, 9.17) is 9.26 Å². The number of benzene rings is 1. The van der Waals surface area contributed by atoms with Gasteiger partial charge < -0.3 is 24.6 Å². The van der Waals surface area contributed by atoms with E-state index < -0.39 is 12.0 Å². The van der Waals surface area contributed by atoms with Gasteiger partial charge in [0.25, 0.3) is 0 Å². The molecule has 0 bridgehead atoms. The fraction of sp³-hybridized carbons (Fsp3) is 0.417. The van der Waals surface area contributed by atoms with E-state index in [-0.39, 0.29) is 23.3 Å². The van der Waals surface area contributed by atoms with Crippen molar-refractivity contribution in [2.45, 2.75) is 31.3 Å². The SMILES string of the molecule is CNC(=O)C(c1ccno1)C1C(Oc2ccc3ccncc3c2)CC12CCN(C(=O)O)CC2. The molecule has 172 valence electrons. The number of aromatic nitrogens is 2. The van der Waals surface area contributed by atoms with E-state index in [0.717, 1.165) is 22.9 Å². The van der Waals surface area contributed by atoms with Gasteiger partial charge in [0.05, 0.1) is 6.20 Å². The van der Waals surface area contributed by atoms with Gasteiger partial charge in [-0.15, -0.1) is 0 Å². The molecule has 1 aliphatic carbocycles. The molecule has 1 spiro atoms. The maximum absolute atomic E-state index is 13.0. The van der Waals surface area contributed by atoms with E-state index in [1.54, 1.807) is 25.5 Å². The van der Waals surface area contributed by atoms with Crippen molar-refractivity contribution in [3.8, 4) is 5.75 Å². The summed E-state index contributed by atoms with van der Waals surface area (Å²) < 4.78 is 11.9. The van der Waals surface area contributed by atoms with E-state index in [9.17, 15) is 14.7 Å². The van der Waals surface area contributed by atoms with Gasteiger partial charge in [-0.2, -0.15) is 0 Å². The molecule has 1 saturated carbocycles. The van der Waals surface area contributed by atoms with Crippen LogP contribution in [0.25, 0.3) is 10.8 Å². The molecule has 9 nitrogen and oxygen atoms in total. The molecular formula is C24H26N4O5. The zero-order valence-corrected chi connectivity index (χ0v) is 18.3. The maximum atomic E-state index is 13.0. The fourth-order valence-corrected chi connectivity index (χ4v) is 5.58. The Morgan fingerprint density at radius 1 is 1.21 bits per heavy atom. The van der Waals surface area contributed by atoms with E-state index in [0.29, 0.717) is 31.7 Å². The number of hydrogen-bond acceptors (Lipinski definition) is 6. The predicted octanol–water partition coefficient (Wildman–Crippen LogP) is 3.28. The molecule has 3 atom stereocenters. The van der Waals surface area contributed by atoms with Crippen molar-refractivity contribution in [3.63, 3.8) is 0 Å². The normalized spacial score (nSPS) is 22.5. The summed E-state index contributed by atoms with van der Waals surface area (Å²) >= 11 is 0. The van der Waals surface area contributed by atoms with E-state index in [1.807, 2.05) is 24.3 Å². The Balaban J connectivity index is 1.46. The second-order valence-electron chi connectivity index (χ2n) is 8.91. The molecule has 0 radical (unpaired) electrons. The highest BCUT2D eigenvalue weighted by atomic mass is 16.5. The van der Waals surface area contributed by atoms with E-state index >= 15 is 0 Å². The first-order chi connectivity index (χ1) is 16.0. The number of likely N-dealkylation sites (tertiary alicyclic amines) is 1. The molecule has 1 aliphatic heterocycles. The van der Waals surface area contributed by atoms with Crippen molar-refractivity contribution in [2.75, 3.05) is 20.1 Å². The average molecular weight is 450 g/mol. The highest BCUT2D eigenvalue weighted by Gasteiger charge is 2.61. The summed E-state index contributed by atoms with van der Waals surface area (Å²) in [5.41, 5.74) is -0.209. The number of nitrogens with zero attached hydrogens (tertiary/aromatic N) is 3. The Kier molecular flexibility index (Phi) is 5.39. The highest BCUT2D eigenvalue weighted by molar-refractivity contribution is 5.84. The zero-order valence-electron chi connectivity index (χ0n) is 18.3. The molecule has 3 aromatic rings. The van der Waals surface area contributed by atoms with Crippen molar-refractivity contribution >= 4 is 22.8 Å². The molecule has 1 saturated heterocycles. The van der Waals surface area contributed by atoms with Gasteiger partial charge in [0, 0.05) is 49.9 Å². The lowest BCUT2D eigenvalue weighted by atomic mass is 9.49. The largest absolute Gasteiger partial charge is 0.490 e. The van der Waals surface area contributed by atoms with Crippen LogP contribution in [-0.4, -0.2) is 58.4 Å². The summed E-state index contributed by atoms with van der Waals surface area (Å²) in [6, 6.07) is 9.55. The Labute approximate surface area is 190 Å². The molecule has 9 heteroatoms. The second kappa shape index (κ2) is 8.38. The number of carbonyl (C=O) groups is 2. The second-order valence-corrected chi connectivity index (χ2v) is 8.91. The summed E-state index contributed by atoms with van der Waals surface area (Å²) in [7, 11) is 1.61. The van der Waals surface area contributed by atoms with Gasteiger partial charge in [0.15, 0.2) is 0 Å². The highest BCUT2D eigenvalue weighted by Crippen LogP contribution is 2.60. The topological polar surface area (TPSA) is 118 Å². The number of likely N-dealkylation sites (N-methyl/N-ethyl adjacent to an activating group) is 1. The lowest BCUT2D eigenvalue weighted by Gasteiger charge is -2.59. The van der Waals surface area contributed by atoms with Crippen molar-refractivity contribution in [1.82, 2.24) is 20.4 Å². The van der Waals surface area contributed by atoms with Gasteiger partial charge in [-0.3, -0.25) is 9.78 Å². The monoisotopic (exact) mass is 450 g/mol. The average Bonchev–Trinajstić information content (AvgIpc) is 3.36. The first-order valence-electron chi connectivity index (χ1n) is 11.1. The first kappa shape index (κ1) is 21.2. The Morgan fingerprint density at radius 2 is 2.03 bits per heavy atom. The Hall–Kier alpha value is -3.62. The van der Waals surface area contributed by atoms with Gasteiger partial charge in [-0.1, -0.05) is 11.2 Å². The third-order valence-electron chi connectivity index (χ3n) is 7.30. The summed E-state index contributed by atoms with van der Waals surface area (Å²) in [6.45, 7) is 0.883. The minimum atomic E-state index is -0.906. The zero-order chi connectivity index (χ0) is 23.0. The van der Waals surface area contributed by atoms with Crippen LogP contribution >= 0.6 is 0 Å². The van der Waals surface area contributed by atoms with Crippen LogP contribution in [0, 0.1) is 11.3 Å². The molecular weight excluding hydrogens is 424 g/mol. The van der Waals surface area contributed by atoms with Crippen LogP contribution < -0.4 is 10.1 Å². The van der Waals surface area contributed by atoms with Crippen LogP contribution in [0.15, 0.2) is 53.4 Å². The number of nitrogens with one attached hydrogen (secondary N) is 1. The molecule has 2 N–H and O–H groups in total. The summed E-state index contributed by atoms with van der Waals surface area (Å²) in [6.07, 6.45) is 6.06. The molecule has 3 unspecified atom stereocenters. The van der Waals surface area contributed by atoms with E-state index in [1.165, 1.54) is 11.1 Å². The van der Waals surface area contributed by atoms with Crippen LogP contribution in [-0.2, 0) is 4.79 Å². The minimum absolute atomic E-state index is 0.159. The smallest absolute Gasteiger partial charge is 0.407 e. The predicted molar refractivity (Wildman–Crippen MR) is 119 cm³/mol. The fourth-order valence-electron chi connectivity index (χ4n) is 5.58. The third kappa shape index (κ3) is 3.77. The third-order valence-corrected chi connectivity index (χ3v) is 7.30. The van der Waals surface area contributed by atoms with Gasteiger partial charge in [0.2, 0.25) is 5.91 Å². The lowest BCUT2D eigenvalue weighted by molar-refractivity contribution is -0.152. The quantitative estimate of drug-likeness (QED) is 0.612. The molecule has 33 heavy (non-hydrogen) atoms. The number of carboxylic acid groups (broad SMARTS) is 1. The van der Waals surface area contributed by atoms with Crippen LogP contribution in [0.2, 0.25) is 0 Å². The van der Waals surface area contributed by atoms with Crippen LogP contribution in [0.1, 0.15) is 30.9 Å². The maximum Gasteiger partial charge on any atom is 0.407 e. The van der Waals surface area contributed by atoms with Crippen LogP contribution in [0.3, 0.4) is 0 Å². The van der Waals surface area contributed by atoms with Gasteiger partial charge in [0.1, 0.15) is 23.5 Å². The number of fused-ring (bicyclic) bond motifs is 1. The van der Waals surface area contributed by atoms with Crippen molar-refractivity contribution in [2.24, 2.45) is 11.3 Å². The molecule has 2 amide bonds. The van der Waals surface area contributed by atoms with Gasteiger partial charge >= 0.3 is 6.09 Å². The first-order valence-corrected chi connectivity index (χ1v) is 11.1. The molecule has 5 rings (SSSR count). The minimum Gasteiger partial charge on any atom is -0.490 e. The molecule has 2 aliphatic rings.